The van der Waals surface area contributed by atoms with Gasteiger partial charge in [0, 0.05) is 5.38 Å². The molecular formula is C9H17Cl2N3OS. The second-order valence-corrected chi connectivity index (χ2v) is 4.04. The molecule has 1 amide bonds. The summed E-state index contributed by atoms with van der Waals surface area (Å²) in [5, 5.41) is 5.77. The van der Waals surface area contributed by atoms with E-state index < -0.39 is 6.04 Å². The van der Waals surface area contributed by atoms with Crippen LogP contribution in [0, 0.1) is 0 Å². The summed E-state index contributed by atoms with van der Waals surface area (Å²) in [6.07, 6.45) is 0.936. The second-order valence-electron chi connectivity index (χ2n) is 3.09. The predicted molar refractivity (Wildman–Crippen MR) is 71.5 cm³/mol. The van der Waals surface area contributed by atoms with Crippen molar-refractivity contribution in [3.63, 3.8) is 0 Å². The van der Waals surface area contributed by atoms with Gasteiger partial charge in [0.2, 0.25) is 5.91 Å². The summed E-state index contributed by atoms with van der Waals surface area (Å²) < 4.78 is 0. The summed E-state index contributed by atoms with van der Waals surface area (Å²) in [7, 11) is 0. The third-order valence-electron chi connectivity index (χ3n) is 1.76. The molecule has 0 aliphatic carbocycles. The van der Waals surface area contributed by atoms with E-state index in [2.05, 4.69) is 17.2 Å². The maximum atomic E-state index is 11.1. The molecule has 0 aliphatic heterocycles. The first-order chi connectivity index (χ1) is 6.63. The van der Waals surface area contributed by atoms with Gasteiger partial charge >= 0.3 is 0 Å². The lowest BCUT2D eigenvalue weighted by molar-refractivity contribution is -0.122. The second kappa shape index (κ2) is 8.75. The molecule has 0 aromatic carbocycles. The minimum absolute atomic E-state index is 0. The molecule has 0 saturated heterocycles. The minimum atomic E-state index is -0.459. The van der Waals surface area contributed by atoms with Gasteiger partial charge in [-0.15, -0.1) is 36.2 Å². The molecular weight excluding hydrogens is 269 g/mol. The van der Waals surface area contributed by atoms with E-state index in [1.54, 1.807) is 18.3 Å². The molecule has 7 heteroatoms. The molecule has 16 heavy (non-hydrogen) atoms. The molecule has 4 nitrogen and oxygen atoms in total. The number of aromatic nitrogens is 1. The molecule has 0 saturated carbocycles. The zero-order valence-corrected chi connectivity index (χ0v) is 11.7. The van der Waals surface area contributed by atoms with Crippen LogP contribution in [0.1, 0.15) is 24.5 Å². The number of hydrogen-bond acceptors (Lipinski definition) is 4. The maximum absolute atomic E-state index is 11.1. The van der Waals surface area contributed by atoms with Crippen molar-refractivity contribution in [2.45, 2.75) is 32.9 Å². The van der Waals surface area contributed by atoms with Crippen LogP contribution in [0.5, 0.6) is 0 Å². The van der Waals surface area contributed by atoms with Crippen molar-refractivity contribution in [3.8, 4) is 0 Å². The quantitative estimate of drug-likeness (QED) is 0.881. The van der Waals surface area contributed by atoms with E-state index in [1.807, 2.05) is 5.38 Å². The monoisotopic (exact) mass is 285 g/mol. The van der Waals surface area contributed by atoms with E-state index in [4.69, 9.17) is 5.73 Å². The Kier molecular flexibility index (Phi) is 9.86. The number of rotatable bonds is 4. The SMILES string of the molecule is CCc1nc(CNC(=O)[C@H](C)N)cs1.Cl.Cl. The fourth-order valence-electron chi connectivity index (χ4n) is 0.931. The summed E-state index contributed by atoms with van der Waals surface area (Å²) in [6.45, 7) is 4.19. The normalized spacial score (nSPS) is 10.9. The average molecular weight is 286 g/mol. The lowest BCUT2D eigenvalue weighted by Crippen LogP contribution is -2.37. The zero-order valence-electron chi connectivity index (χ0n) is 9.23. The van der Waals surface area contributed by atoms with Crippen molar-refractivity contribution in [2.75, 3.05) is 0 Å². The molecule has 1 heterocycles. The van der Waals surface area contributed by atoms with Gasteiger partial charge in [-0.3, -0.25) is 4.79 Å². The largest absolute Gasteiger partial charge is 0.349 e. The van der Waals surface area contributed by atoms with E-state index in [9.17, 15) is 4.79 Å². The Morgan fingerprint density at radius 2 is 2.25 bits per heavy atom. The highest BCUT2D eigenvalue weighted by Crippen LogP contribution is 2.09. The standard InChI is InChI=1S/C9H15N3OS.2ClH/c1-3-8-12-7(5-14-8)4-11-9(13)6(2)10;;/h5-6H,3-4,10H2,1-2H3,(H,11,13);2*1H/t6-;;/m0../s1. The number of amides is 1. The highest BCUT2D eigenvalue weighted by atomic mass is 35.5. The van der Waals surface area contributed by atoms with Crippen LogP contribution >= 0.6 is 36.2 Å². The number of nitrogens with zero attached hydrogens (tertiary/aromatic N) is 1. The van der Waals surface area contributed by atoms with E-state index in [1.165, 1.54) is 0 Å². The van der Waals surface area contributed by atoms with Crippen molar-refractivity contribution in [2.24, 2.45) is 5.73 Å². The van der Waals surface area contributed by atoms with Gasteiger partial charge in [0.05, 0.1) is 23.3 Å². The summed E-state index contributed by atoms with van der Waals surface area (Å²) in [4.78, 5) is 15.5. The van der Waals surface area contributed by atoms with Crippen molar-refractivity contribution < 1.29 is 4.79 Å². The van der Waals surface area contributed by atoms with Gasteiger partial charge in [-0.1, -0.05) is 6.92 Å². The Labute approximate surface area is 112 Å². The first-order valence-corrected chi connectivity index (χ1v) is 5.48. The number of nitrogens with two attached hydrogens (primary N) is 1. The Morgan fingerprint density at radius 3 is 2.69 bits per heavy atom. The zero-order chi connectivity index (χ0) is 10.6. The van der Waals surface area contributed by atoms with Crippen LogP contribution in [-0.4, -0.2) is 16.9 Å². The molecule has 0 spiro atoms. The van der Waals surface area contributed by atoms with Crippen LogP contribution in [0.4, 0.5) is 0 Å². The van der Waals surface area contributed by atoms with Crippen molar-refractivity contribution in [3.05, 3.63) is 16.1 Å². The molecule has 94 valence electrons. The van der Waals surface area contributed by atoms with Crippen LogP contribution < -0.4 is 11.1 Å². The first-order valence-electron chi connectivity index (χ1n) is 4.60. The molecule has 1 aromatic heterocycles. The highest BCUT2D eigenvalue weighted by molar-refractivity contribution is 7.09. The third kappa shape index (κ3) is 5.65. The number of halogens is 2. The molecule has 0 unspecified atom stereocenters. The van der Waals surface area contributed by atoms with Crippen LogP contribution in [0.25, 0.3) is 0 Å². The topological polar surface area (TPSA) is 68.0 Å². The summed E-state index contributed by atoms with van der Waals surface area (Å²) in [5.41, 5.74) is 6.31. The maximum Gasteiger partial charge on any atom is 0.236 e. The molecule has 1 aromatic rings. The van der Waals surface area contributed by atoms with Gasteiger partial charge in [0.1, 0.15) is 0 Å². The smallest absolute Gasteiger partial charge is 0.236 e. The van der Waals surface area contributed by atoms with Crippen molar-refractivity contribution >= 4 is 42.1 Å². The number of thiazole rings is 1. The van der Waals surface area contributed by atoms with Gasteiger partial charge in [-0.2, -0.15) is 0 Å². The lowest BCUT2D eigenvalue weighted by atomic mass is 10.3. The van der Waals surface area contributed by atoms with Crippen LogP contribution in [-0.2, 0) is 17.8 Å². The fourth-order valence-corrected chi connectivity index (χ4v) is 1.68. The predicted octanol–water partition coefficient (Wildman–Crippen LogP) is 1.51. The molecule has 3 N–H and O–H groups in total. The Morgan fingerprint density at radius 1 is 1.62 bits per heavy atom. The van der Waals surface area contributed by atoms with Gasteiger partial charge in [-0.05, 0) is 13.3 Å². The van der Waals surface area contributed by atoms with Gasteiger partial charge in [0.15, 0.2) is 0 Å². The first kappa shape index (κ1) is 18.0. The molecule has 1 atom stereocenters. The fraction of sp³-hybridized carbons (Fsp3) is 0.556. The van der Waals surface area contributed by atoms with Crippen molar-refractivity contribution in [1.29, 1.82) is 0 Å². The molecule has 0 bridgehead atoms. The van der Waals surface area contributed by atoms with Crippen LogP contribution in [0.3, 0.4) is 0 Å². The van der Waals surface area contributed by atoms with Crippen LogP contribution in [0.15, 0.2) is 5.38 Å². The number of carbonyl (C=O) groups excluding carboxylic acids is 1. The van der Waals surface area contributed by atoms with E-state index in [0.717, 1.165) is 17.1 Å². The number of carbonyl (C=O) groups is 1. The average Bonchev–Trinajstić information content (AvgIpc) is 2.61. The molecule has 0 aliphatic rings. The Bertz CT molecular complexity index is 317. The van der Waals surface area contributed by atoms with Gasteiger partial charge < -0.3 is 11.1 Å². The summed E-state index contributed by atoms with van der Waals surface area (Å²) in [6, 6.07) is -0.459. The van der Waals surface area contributed by atoms with Crippen molar-refractivity contribution in [1.82, 2.24) is 10.3 Å². The van der Waals surface area contributed by atoms with Gasteiger partial charge in [0.25, 0.3) is 0 Å². The minimum Gasteiger partial charge on any atom is -0.349 e. The Hall–Kier alpha value is -0.360. The molecule has 0 fully saturated rings. The van der Waals surface area contributed by atoms with E-state index in [0.29, 0.717) is 6.54 Å². The summed E-state index contributed by atoms with van der Waals surface area (Å²) >= 11 is 1.62. The number of hydrogen-bond donors (Lipinski definition) is 2. The number of nitrogens with one attached hydrogen (secondary N) is 1. The van der Waals surface area contributed by atoms with E-state index >= 15 is 0 Å². The molecule has 0 radical (unpaired) electrons. The molecule has 1 rings (SSSR count). The lowest BCUT2D eigenvalue weighted by Gasteiger charge is -2.05. The highest BCUT2D eigenvalue weighted by Gasteiger charge is 2.07. The van der Waals surface area contributed by atoms with Gasteiger partial charge in [-0.25, -0.2) is 4.98 Å². The number of aryl methyl sites for hydroxylation is 1. The van der Waals surface area contributed by atoms with Crippen LogP contribution in [0.2, 0.25) is 0 Å². The summed E-state index contributed by atoms with van der Waals surface area (Å²) in [5.74, 6) is -0.143. The van der Waals surface area contributed by atoms with E-state index in [-0.39, 0.29) is 30.7 Å². The third-order valence-corrected chi connectivity index (χ3v) is 2.80. The Balaban J connectivity index is 0.